The van der Waals surface area contributed by atoms with Crippen molar-refractivity contribution in [3.63, 3.8) is 0 Å². The predicted molar refractivity (Wildman–Crippen MR) is 73.0 cm³/mol. The molecular formula is C13H16N4O3. The molecular weight excluding hydrogens is 260 g/mol. The van der Waals surface area contributed by atoms with Crippen LogP contribution in [0.2, 0.25) is 0 Å². The maximum Gasteiger partial charge on any atom is 0.269 e. The standard InChI is InChI=1S/C13H16N4O3/c18-13(10-16-7-1-6-15-16)9-14-8-11-2-4-12(5-3-11)17(19)20/h1-7,13-14,18H,8-10H2. The first-order valence-electron chi connectivity index (χ1n) is 6.24. The van der Waals surface area contributed by atoms with Crippen LogP contribution in [0, 0.1) is 10.1 Å². The number of nitro benzene ring substituents is 1. The van der Waals surface area contributed by atoms with Gasteiger partial charge >= 0.3 is 0 Å². The molecule has 0 amide bonds. The van der Waals surface area contributed by atoms with Crippen molar-refractivity contribution in [1.82, 2.24) is 15.1 Å². The van der Waals surface area contributed by atoms with E-state index in [0.29, 0.717) is 19.6 Å². The molecule has 1 unspecified atom stereocenters. The Bertz CT molecular complexity index is 539. The van der Waals surface area contributed by atoms with Gasteiger partial charge in [0, 0.05) is 37.6 Å². The molecule has 7 nitrogen and oxygen atoms in total. The number of nitro groups is 1. The van der Waals surface area contributed by atoms with Crippen LogP contribution in [0.5, 0.6) is 0 Å². The third-order valence-electron chi connectivity index (χ3n) is 2.81. The summed E-state index contributed by atoms with van der Waals surface area (Å²) in [5, 5.41) is 27.4. The van der Waals surface area contributed by atoms with Crippen LogP contribution >= 0.6 is 0 Å². The molecule has 0 aliphatic rings. The quantitative estimate of drug-likeness (QED) is 0.580. The van der Waals surface area contributed by atoms with Crippen LogP contribution in [0.3, 0.4) is 0 Å². The van der Waals surface area contributed by atoms with Crippen molar-refractivity contribution in [3.8, 4) is 0 Å². The maximum absolute atomic E-state index is 10.5. The van der Waals surface area contributed by atoms with Crippen LogP contribution < -0.4 is 5.32 Å². The average molecular weight is 276 g/mol. The highest BCUT2D eigenvalue weighted by molar-refractivity contribution is 5.32. The van der Waals surface area contributed by atoms with E-state index in [1.54, 1.807) is 35.3 Å². The summed E-state index contributed by atoms with van der Waals surface area (Å²) < 4.78 is 1.66. The van der Waals surface area contributed by atoms with Gasteiger partial charge in [0.05, 0.1) is 17.6 Å². The Labute approximate surface area is 116 Å². The van der Waals surface area contributed by atoms with Crippen molar-refractivity contribution in [2.75, 3.05) is 6.54 Å². The number of hydrogen-bond acceptors (Lipinski definition) is 5. The van der Waals surface area contributed by atoms with Crippen LogP contribution in [0.1, 0.15) is 5.56 Å². The van der Waals surface area contributed by atoms with Crippen LogP contribution in [0.15, 0.2) is 42.7 Å². The zero-order valence-corrected chi connectivity index (χ0v) is 10.8. The fourth-order valence-electron chi connectivity index (χ4n) is 1.81. The number of non-ortho nitro benzene ring substituents is 1. The number of rotatable bonds is 7. The largest absolute Gasteiger partial charge is 0.390 e. The van der Waals surface area contributed by atoms with E-state index in [2.05, 4.69) is 10.4 Å². The van der Waals surface area contributed by atoms with Crippen molar-refractivity contribution < 1.29 is 10.0 Å². The molecule has 0 spiro atoms. The van der Waals surface area contributed by atoms with Gasteiger partial charge in [-0.3, -0.25) is 14.8 Å². The molecule has 0 saturated carbocycles. The Morgan fingerprint density at radius 3 is 2.75 bits per heavy atom. The fourth-order valence-corrected chi connectivity index (χ4v) is 1.81. The number of aliphatic hydroxyl groups is 1. The predicted octanol–water partition coefficient (Wildman–Crippen LogP) is 0.942. The van der Waals surface area contributed by atoms with Gasteiger partial charge in [-0.25, -0.2) is 0 Å². The van der Waals surface area contributed by atoms with Crippen LogP contribution in [0.4, 0.5) is 5.69 Å². The molecule has 0 aliphatic carbocycles. The smallest absolute Gasteiger partial charge is 0.269 e. The van der Waals surface area contributed by atoms with Gasteiger partial charge in [0.15, 0.2) is 0 Å². The lowest BCUT2D eigenvalue weighted by Crippen LogP contribution is -2.30. The van der Waals surface area contributed by atoms with E-state index in [1.165, 1.54) is 12.1 Å². The summed E-state index contributed by atoms with van der Waals surface area (Å²) >= 11 is 0. The summed E-state index contributed by atoms with van der Waals surface area (Å²) in [5.41, 5.74) is 1.01. The van der Waals surface area contributed by atoms with Crippen molar-refractivity contribution in [2.45, 2.75) is 19.2 Å². The minimum Gasteiger partial charge on any atom is -0.390 e. The second kappa shape index (κ2) is 6.78. The molecule has 7 heteroatoms. The van der Waals surface area contributed by atoms with Crippen molar-refractivity contribution in [1.29, 1.82) is 0 Å². The molecule has 0 fully saturated rings. The molecule has 0 aliphatic heterocycles. The third-order valence-corrected chi connectivity index (χ3v) is 2.81. The van der Waals surface area contributed by atoms with Gasteiger partial charge in [-0.15, -0.1) is 0 Å². The Balaban J connectivity index is 1.73. The third kappa shape index (κ3) is 4.15. The minimum absolute atomic E-state index is 0.0764. The summed E-state index contributed by atoms with van der Waals surface area (Å²) in [5.74, 6) is 0. The summed E-state index contributed by atoms with van der Waals surface area (Å²) in [6.45, 7) is 1.41. The molecule has 0 saturated heterocycles. The highest BCUT2D eigenvalue weighted by atomic mass is 16.6. The Hall–Kier alpha value is -2.25. The highest BCUT2D eigenvalue weighted by Gasteiger charge is 2.06. The van der Waals surface area contributed by atoms with E-state index >= 15 is 0 Å². The van der Waals surface area contributed by atoms with E-state index in [-0.39, 0.29) is 5.69 Å². The second-order valence-corrected chi connectivity index (χ2v) is 4.44. The zero-order chi connectivity index (χ0) is 14.4. The lowest BCUT2D eigenvalue weighted by Gasteiger charge is -2.11. The first kappa shape index (κ1) is 14.2. The molecule has 1 heterocycles. The Morgan fingerprint density at radius 2 is 2.15 bits per heavy atom. The number of nitrogens with zero attached hydrogens (tertiary/aromatic N) is 3. The van der Waals surface area contributed by atoms with Gasteiger partial charge in [-0.2, -0.15) is 5.10 Å². The van der Waals surface area contributed by atoms with Gasteiger partial charge in [-0.1, -0.05) is 12.1 Å². The monoisotopic (exact) mass is 276 g/mol. The molecule has 2 rings (SSSR count). The van der Waals surface area contributed by atoms with Gasteiger partial charge in [0.2, 0.25) is 0 Å². The summed E-state index contributed by atoms with van der Waals surface area (Å²) in [6.07, 6.45) is 2.92. The SMILES string of the molecule is O=[N+]([O-])c1ccc(CNCC(O)Cn2cccn2)cc1. The molecule has 0 radical (unpaired) electrons. The number of hydrogen-bond donors (Lipinski definition) is 2. The first-order chi connectivity index (χ1) is 9.65. The van der Waals surface area contributed by atoms with Crippen LogP contribution in [-0.2, 0) is 13.1 Å². The number of aliphatic hydroxyl groups excluding tert-OH is 1. The maximum atomic E-state index is 10.5. The first-order valence-corrected chi connectivity index (χ1v) is 6.24. The molecule has 2 aromatic rings. The minimum atomic E-state index is -0.534. The molecule has 1 aromatic heterocycles. The Morgan fingerprint density at radius 1 is 1.40 bits per heavy atom. The van der Waals surface area contributed by atoms with Crippen molar-refractivity contribution >= 4 is 5.69 Å². The number of aromatic nitrogens is 2. The summed E-state index contributed by atoms with van der Waals surface area (Å²) in [4.78, 5) is 10.1. The van der Waals surface area contributed by atoms with Gasteiger partial charge in [-0.05, 0) is 11.6 Å². The van der Waals surface area contributed by atoms with E-state index in [1.807, 2.05) is 0 Å². The fraction of sp³-hybridized carbons (Fsp3) is 0.308. The van der Waals surface area contributed by atoms with Crippen LogP contribution in [0.25, 0.3) is 0 Å². The molecule has 20 heavy (non-hydrogen) atoms. The summed E-state index contributed by atoms with van der Waals surface area (Å²) in [6, 6.07) is 8.14. The topological polar surface area (TPSA) is 93.2 Å². The molecule has 0 bridgehead atoms. The molecule has 1 aromatic carbocycles. The van der Waals surface area contributed by atoms with E-state index < -0.39 is 11.0 Å². The average Bonchev–Trinajstić information content (AvgIpc) is 2.92. The van der Waals surface area contributed by atoms with Crippen LogP contribution in [-0.4, -0.2) is 32.5 Å². The van der Waals surface area contributed by atoms with Gasteiger partial charge in [0.25, 0.3) is 5.69 Å². The summed E-state index contributed by atoms with van der Waals surface area (Å²) in [7, 11) is 0. The van der Waals surface area contributed by atoms with Gasteiger partial charge in [0.1, 0.15) is 0 Å². The molecule has 2 N–H and O–H groups in total. The number of nitrogens with one attached hydrogen (secondary N) is 1. The Kier molecular flexibility index (Phi) is 4.80. The van der Waals surface area contributed by atoms with Gasteiger partial charge < -0.3 is 10.4 Å². The highest BCUT2D eigenvalue weighted by Crippen LogP contribution is 2.11. The van der Waals surface area contributed by atoms with E-state index in [4.69, 9.17) is 0 Å². The van der Waals surface area contributed by atoms with E-state index in [9.17, 15) is 15.2 Å². The normalized spacial score (nSPS) is 12.2. The second-order valence-electron chi connectivity index (χ2n) is 4.44. The lowest BCUT2D eigenvalue weighted by molar-refractivity contribution is -0.384. The zero-order valence-electron chi connectivity index (χ0n) is 10.8. The van der Waals surface area contributed by atoms with Crippen molar-refractivity contribution in [3.05, 3.63) is 58.4 Å². The van der Waals surface area contributed by atoms with E-state index in [0.717, 1.165) is 5.56 Å². The molecule has 1 atom stereocenters. The lowest BCUT2D eigenvalue weighted by atomic mass is 10.2. The number of benzene rings is 1. The molecule has 106 valence electrons. The van der Waals surface area contributed by atoms with Crippen molar-refractivity contribution in [2.24, 2.45) is 0 Å².